The Hall–Kier alpha value is -1.59. The van der Waals surface area contributed by atoms with Crippen LogP contribution in [0.15, 0.2) is 24.3 Å². The van der Waals surface area contributed by atoms with Gasteiger partial charge in [-0.2, -0.15) is 13.2 Å². The summed E-state index contributed by atoms with van der Waals surface area (Å²) in [7, 11) is 0. The first kappa shape index (κ1) is 15.8. The Bertz CT molecular complexity index is 475. The van der Waals surface area contributed by atoms with E-state index in [0.29, 0.717) is 31.8 Å². The summed E-state index contributed by atoms with van der Waals surface area (Å²) in [6.07, 6.45) is -3.69. The molecule has 0 saturated carbocycles. The van der Waals surface area contributed by atoms with Crippen LogP contribution in [0.4, 0.5) is 17.6 Å². The minimum Gasteiger partial charge on any atom is -0.342 e. The van der Waals surface area contributed by atoms with Crippen molar-refractivity contribution in [3.63, 3.8) is 0 Å². The average Bonchev–Trinajstić information content (AvgIpc) is 2.40. The Labute approximate surface area is 120 Å². The van der Waals surface area contributed by atoms with Crippen LogP contribution >= 0.6 is 0 Å². The maximum Gasteiger partial charge on any atom is 0.397 e. The van der Waals surface area contributed by atoms with Crippen LogP contribution in [-0.4, -0.2) is 30.1 Å². The van der Waals surface area contributed by atoms with Crippen LogP contribution in [0, 0.1) is 11.7 Å². The van der Waals surface area contributed by atoms with Gasteiger partial charge in [0.1, 0.15) is 12.2 Å². The molecule has 0 aliphatic carbocycles. The highest BCUT2D eigenvalue weighted by Gasteiger charge is 2.34. The second-order valence-electron chi connectivity index (χ2n) is 5.45. The number of hydrogen-bond donors (Lipinski definition) is 0. The number of carbonyl (C=O) groups excluding carboxylic acids is 1. The third-order valence-electron chi connectivity index (χ3n) is 3.76. The Morgan fingerprint density at radius 1 is 1.14 bits per heavy atom. The van der Waals surface area contributed by atoms with Crippen LogP contribution in [0.5, 0.6) is 0 Å². The molecule has 2 nitrogen and oxygen atoms in total. The predicted octanol–water partition coefficient (Wildman–Crippen LogP) is 3.56. The molecule has 6 heteroatoms. The van der Waals surface area contributed by atoms with Crippen molar-refractivity contribution in [3.05, 3.63) is 35.6 Å². The third kappa shape index (κ3) is 5.02. The quantitative estimate of drug-likeness (QED) is 0.782. The molecule has 1 aromatic carbocycles. The fourth-order valence-electron chi connectivity index (χ4n) is 2.62. The van der Waals surface area contributed by atoms with Gasteiger partial charge in [-0.3, -0.25) is 4.79 Å². The highest BCUT2D eigenvalue weighted by atomic mass is 19.4. The zero-order chi connectivity index (χ0) is 15.5. The Balaban J connectivity index is 1.80. The molecule has 1 aliphatic rings. The molecular weight excluding hydrogens is 286 g/mol. The van der Waals surface area contributed by atoms with Crippen LogP contribution in [0.25, 0.3) is 0 Å². The number of hydrogen-bond acceptors (Lipinski definition) is 1. The van der Waals surface area contributed by atoms with E-state index in [1.807, 2.05) is 0 Å². The summed E-state index contributed by atoms with van der Waals surface area (Å²) in [4.78, 5) is 12.8. The number of amides is 1. The summed E-state index contributed by atoms with van der Waals surface area (Å²) in [6.45, 7) is 0.724. The standard InChI is InChI=1S/C15H17F4NO/c16-13-3-1-11(2-4-13)9-12-5-7-20(8-6-12)14(21)10-15(17,18)19/h1-4,12H,5-10H2. The number of benzene rings is 1. The molecule has 0 spiro atoms. The first-order chi connectivity index (χ1) is 9.83. The van der Waals surface area contributed by atoms with Gasteiger partial charge in [-0.15, -0.1) is 0 Å². The van der Waals surface area contributed by atoms with Gasteiger partial charge in [0, 0.05) is 13.1 Å². The van der Waals surface area contributed by atoms with Gasteiger partial charge in [-0.05, 0) is 42.9 Å². The fourth-order valence-corrected chi connectivity index (χ4v) is 2.62. The molecule has 0 aromatic heterocycles. The van der Waals surface area contributed by atoms with Crippen molar-refractivity contribution >= 4 is 5.91 Å². The SMILES string of the molecule is O=C(CC(F)(F)F)N1CCC(Cc2ccc(F)cc2)CC1. The molecule has 1 aliphatic heterocycles. The predicted molar refractivity (Wildman–Crippen MR) is 70.1 cm³/mol. The van der Waals surface area contributed by atoms with Crippen molar-refractivity contribution in [2.45, 2.75) is 31.9 Å². The lowest BCUT2D eigenvalue weighted by molar-refractivity contribution is -0.162. The number of alkyl halides is 3. The van der Waals surface area contributed by atoms with Gasteiger partial charge in [0.05, 0.1) is 0 Å². The number of piperidine rings is 1. The second kappa shape index (κ2) is 6.45. The molecular formula is C15H17F4NO. The molecule has 21 heavy (non-hydrogen) atoms. The third-order valence-corrected chi connectivity index (χ3v) is 3.76. The monoisotopic (exact) mass is 303 g/mol. The lowest BCUT2D eigenvalue weighted by Crippen LogP contribution is -2.40. The van der Waals surface area contributed by atoms with Crippen LogP contribution in [0.2, 0.25) is 0 Å². The summed E-state index contributed by atoms with van der Waals surface area (Å²) in [6, 6.07) is 6.24. The highest BCUT2D eigenvalue weighted by Crippen LogP contribution is 2.25. The topological polar surface area (TPSA) is 20.3 Å². The van der Waals surface area contributed by atoms with Crippen LogP contribution in [0.1, 0.15) is 24.8 Å². The minimum absolute atomic E-state index is 0.286. The summed E-state index contributed by atoms with van der Waals surface area (Å²) in [5.74, 6) is -0.806. The van der Waals surface area contributed by atoms with Gasteiger partial charge in [0.2, 0.25) is 5.91 Å². The summed E-state index contributed by atoms with van der Waals surface area (Å²) in [5.41, 5.74) is 1.01. The van der Waals surface area contributed by atoms with Gasteiger partial charge in [0.25, 0.3) is 0 Å². The zero-order valence-electron chi connectivity index (χ0n) is 11.5. The van der Waals surface area contributed by atoms with Gasteiger partial charge >= 0.3 is 6.18 Å². The largest absolute Gasteiger partial charge is 0.397 e. The van der Waals surface area contributed by atoms with E-state index in [2.05, 4.69) is 0 Å². The maximum atomic E-state index is 12.8. The van der Waals surface area contributed by atoms with Crippen LogP contribution < -0.4 is 0 Å². The van der Waals surface area contributed by atoms with Crippen molar-refractivity contribution in [1.29, 1.82) is 0 Å². The Morgan fingerprint density at radius 3 is 2.24 bits per heavy atom. The first-order valence-corrected chi connectivity index (χ1v) is 6.92. The summed E-state index contributed by atoms with van der Waals surface area (Å²) < 4.78 is 49.3. The van der Waals surface area contributed by atoms with Crippen LogP contribution in [0.3, 0.4) is 0 Å². The molecule has 1 fully saturated rings. The molecule has 116 valence electrons. The van der Waals surface area contributed by atoms with Crippen molar-refractivity contribution in [2.75, 3.05) is 13.1 Å². The molecule has 0 unspecified atom stereocenters. The smallest absolute Gasteiger partial charge is 0.342 e. The van der Waals surface area contributed by atoms with Crippen molar-refractivity contribution < 1.29 is 22.4 Å². The molecule has 1 amide bonds. The van der Waals surface area contributed by atoms with E-state index >= 15 is 0 Å². The average molecular weight is 303 g/mol. The Kier molecular flexibility index (Phi) is 4.85. The van der Waals surface area contributed by atoms with E-state index in [9.17, 15) is 22.4 Å². The number of nitrogens with zero attached hydrogens (tertiary/aromatic N) is 1. The van der Waals surface area contributed by atoms with Gasteiger partial charge in [-0.1, -0.05) is 12.1 Å². The molecule has 1 heterocycles. The van der Waals surface area contributed by atoms with E-state index in [-0.39, 0.29) is 5.82 Å². The lowest BCUT2D eigenvalue weighted by Gasteiger charge is -2.32. The number of carbonyl (C=O) groups is 1. The fraction of sp³-hybridized carbons (Fsp3) is 0.533. The number of likely N-dealkylation sites (tertiary alicyclic amines) is 1. The van der Waals surface area contributed by atoms with Crippen molar-refractivity contribution in [3.8, 4) is 0 Å². The van der Waals surface area contributed by atoms with Gasteiger partial charge in [-0.25, -0.2) is 4.39 Å². The molecule has 0 radical (unpaired) electrons. The maximum absolute atomic E-state index is 12.8. The number of halogens is 4. The van der Waals surface area contributed by atoms with E-state index < -0.39 is 18.5 Å². The van der Waals surface area contributed by atoms with E-state index in [1.165, 1.54) is 17.0 Å². The van der Waals surface area contributed by atoms with E-state index in [1.54, 1.807) is 12.1 Å². The van der Waals surface area contributed by atoms with Gasteiger partial charge < -0.3 is 4.90 Å². The molecule has 1 aromatic rings. The minimum atomic E-state index is -4.44. The normalized spacial score (nSPS) is 17.0. The zero-order valence-corrected chi connectivity index (χ0v) is 11.5. The second-order valence-corrected chi connectivity index (χ2v) is 5.45. The van der Waals surface area contributed by atoms with Crippen molar-refractivity contribution in [1.82, 2.24) is 4.90 Å². The van der Waals surface area contributed by atoms with E-state index in [0.717, 1.165) is 12.0 Å². The van der Waals surface area contributed by atoms with Gasteiger partial charge in [0.15, 0.2) is 0 Å². The first-order valence-electron chi connectivity index (χ1n) is 6.92. The molecule has 1 saturated heterocycles. The molecule has 0 atom stereocenters. The van der Waals surface area contributed by atoms with Crippen LogP contribution in [-0.2, 0) is 11.2 Å². The summed E-state index contributed by atoms with van der Waals surface area (Å²) in [5, 5.41) is 0. The molecule has 2 rings (SSSR count). The molecule has 0 N–H and O–H groups in total. The summed E-state index contributed by atoms with van der Waals surface area (Å²) >= 11 is 0. The lowest BCUT2D eigenvalue weighted by atomic mass is 9.90. The Morgan fingerprint density at radius 2 is 1.71 bits per heavy atom. The molecule has 0 bridgehead atoms. The van der Waals surface area contributed by atoms with Crippen molar-refractivity contribution in [2.24, 2.45) is 5.92 Å². The highest BCUT2D eigenvalue weighted by molar-refractivity contribution is 5.76. The number of rotatable bonds is 3. The van der Waals surface area contributed by atoms with E-state index in [4.69, 9.17) is 0 Å².